The Kier molecular flexibility index (Phi) is 6.01. The molecule has 1 fully saturated rings. The molecule has 1 aliphatic rings. The Hall–Kier alpha value is -4.35. The van der Waals surface area contributed by atoms with Crippen LogP contribution >= 0.6 is 0 Å². The number of pyridine rings is 4. The molecule has 0 radical (unpaired) electrons. The maximum Gasteiger partial charge on any atom is 0.184 e. The predicted molar refractivity (Wildman–Crippen MR) is 147 cm³/mol. The summed E-state index contributed by atoms with van der Waals surface area (Å²) in [6.45, 7) is 6.62. The topological polar surface area (TPSA) is 126 Å². The van der Waals surface area contributed by atoms with E-state index in [-0.39, 0.29) is 0 Å². The third kappa shape index (κ3) is 4.57. The summed E-state index contributed by atoms with van der Waals surface area (Å²) >= 11 is 0. The van der Waals surface area contributed by atoms with Gasteiger partial charge in [0.15, 0.2) is 11.5 Å². The zero-order chi connectivity index (χ0) is 26.3. The van der Waals surface area contributed by atoms with E-state index < -0.39 is 5.60 Å². The van der Waals surface area contributed by atoms with E-state index in [9.17, 15) is 5.11 Å². The van der Waals surface area contributed by atoms with Crippen molar-refractivity contribution in [2.24, 2.45) is 0 Å². The number of aromatic nitrogens is 6. The number of morpholine rings is 1. The lowest BCUT2D eigenvalue weighted by molar-refractivity contribution is 0.0785. The standard InChI is InChI=1S/C27H29N9O2/c1-27(2,37)17-6-7-29-22(12-17)32-23-13-19-20(14-30-23)25(28-3)31-15-21(19)26-33-24-5-4-18(16-36(24)34-26)35-8-10-38-11-9-35/h4-7,12-16,37H,8-11H2,1-3H3,(H,28,31)(H,29,30,32). The van der Waals surface area contributed by atoms with Crippen molar-refractivity contribution >= 4 is 39.6 Å². The lowest BCUT2D eigenvalue weighted by Gasteiger charge is -2.28. The van der Waals surface area contributed by atoms with Crippen LogP contribution in [-0.4, -0.2) is 68.0 Å². The first-order valence-corrected chi connectivity index (χ1v) is 12.5. The number of anilines is 4. The molecule has 1 aliphatic heterocycles. The summed E-state index contributed by atoms with van der Waals surface area (Å²) in [6.07, 6.45) is 7.22. The molecule has 0 spiro atoms. The molecule has 0 unspecified atom stereocenters. The number of hydrogen-bond donors (Lipinski definition) is 3. The number of fused-ring (bicyclic) bond motifs is 2. The summed E-state index contributed by atoms with van der Waals surface area (Å²) in [5.74, 6) is 2.47. The first kappa shape index (κ1) is 24.0. The van der Waals surface area contributed by atoms with Gasteiger partial charge >= 0.3 is 0 Å². The molecule has 11 heteroatoms. The van der Waals surface area contributed by atoms with Crippen LogP contribution in [0.1, 0.15) is 19.4 Å². The molecule has 6 heterocycles. The Morgan fingerprint density at radius 2 is 1.79 bits per heavy atom. The number of nitrogens with zero attached hydrogens (tertiary/aromatic N) is 7. The van der Waals surface area contributed by atoms with E-state index in [0.717, 1.165) is 59.5 Å². The highest BCUT2D eigenvalue weighted by Crippen LogP contribution is 2.32. The molecular formula is C27H29N9O2. The molecular weight excluding hydrogens is 482 g/mol. The van der Waals surface area contributed by atoms with Gasteiger partial charge in [0.05, 0.1) is 30.7 Å². The van der Waals surface area contributed by atoms with E-state index >= 15 is 0 Å². The Balaban J connectivity index is 1.40. The van der Waals surface area contributed by atoms with E-state index in [1.807, 2.05) is 36.0 Å². The fourth-order valence-corrected chi connectivity index (χ4v) is 4.59. The predicted octanol–water partition coefficient (Wildman–Crippen LogP) is 3.58. The number of aliphatic hydroxyl groups is 1. The Bertz CT molecular complexity index is 1620. The zero-order valence-electron chi connectivity index (χ0n) is 21.5. The highest BCUT2D eigenvalue weighted by atomic mass is 16.5. The van der Waals surface area contributed by atoms with Crippen LogP contribution in [0.15, 0.2) is 55.1 Å². The second kappa shape index (κ2) is 9.51. The maximum atomic E-state index is 10.4. The molecule has 5 aromatic heterocycles. The molecule has 3 N–H and O–H groups in total. The van der Waals surface area contributed by atoms with Gasteiger partial charge in [-0.2, -0.15) is 0 Å². The van der Waals surface area contributed by atoms with Crippen LogP contribution in [0, 0.1) is 0 Å². The Morgan fingerprint density at radius 1 is 0.974 bits per heavy atom. The van der Waals surface area contributed by atoms with Gasteiger partial charge in [0, 0.05) is 55.1 Å². The van der Waals surface area contributed by atoms with Gasteiger partial charge < -0.3 is 25.4 Å². The zero-order valence-corrected chi connectivity index (χ0v) is 21.5. The minimum absolute atomic E-state index is 0.573. The summed E-state index contributed by atoms with van der Waals surface area (Å²) in [4.78, 5) is 20.7. The summed E-state index contributed by atoms with van der Waals surface area (Å²) in [5.41, 5.74) is 2.40. The van der Waals surface area contributed by atoms with Crippen molar-refractivity contribution in [2.45, 2.75) is 19.4 Å². The minimum Gasteiger partial charge on any atom is -0.386 e. The van der Waals surface area contributed by atoms with Gasteiger partial charge in [-0.25, -0.2) is 24.5 Å². The third-order valence-corrected chi connectivity index (χ3v) is 6.66. The SMILES string of the molecule is CNc1ncc(-c2nc3ccc(N4CCOCC4)cn3n2)c2cc(Nc3cc(C(C)(C)O)ccn3)ncc12. The lowest BCUT2D eigenvalue weighted by atomic mass is 10.00. The first-order chi connectivity index (χ1) is 18.4. The summed E-state index contributed by atoms with van der Waals surface area (Å²) in [6, 6.07) is 9.60. The average molecular weight is 512 g/mol. The van der Waals surface area contributed by atoms with Crippen molar-refractivity contribution in [2.75, 3.05) is 48.9 Å². The van der Waals surface area contributed by atoms with Crippen molar-refractivity contribution in [3.63, 3.8) is 0 Å². The van der Waals surface area contributed by atoms with Crippen LogP contribution in [0.2, 0.25) is 0 Å². The lowest BCUT2D eigenvalue weighted by Crippen LogP contribution is -2.36. The van der Waals surface area contributed by atoms with Gasteiger partial charge in [-0.1, -0.05) is 0 Å². The van der Waals surface area contributed by atoms with Crippen molar-refractivity contribution < 1.29 is 9.84 Å². The number of rotatable bonds is 6. The second-order valence-electron chi connectivity index (χ2n) is 9.72. The van der Waals surface area contributed by atoms with Crippen LogP contribution in [0.4, 0.5) is 23.1 Å². The minimum atomic E-state index is -0.979. The van der Waals surface area contributed by atoms with E-state index in [4.69, 9.17) is 14.8 Å². The van der Waals surface area contributed by atoms with Crippen LogP contribution in [0.25, 0.3) is 27.8 Å². The quantitative estimate of drug-likeness (QED) is 0.311. The smallest absolute Gasteiger partial charge is 0.184 e. The summed E-state index contributed by atoms with van der Waals surface area (Å²) in [7, 11) is 1.83. The van der Waals surface area contributed by atoms with Crippen molar-refractivity contribution in [1.29, 1.82) is 0 Å². The van der Waals surface area contributed by atoms with Crippen LogP contribution in [0.3, 0.4) is 0 Å². The van der Waals surface area contributed by atoms with Gasteiger partial charge in [-0.05, 0) is 49.7 Å². The molecule has 5 aromatic rings. The van der Waals surface area contributed by atoms with Crippen molar-refractivity contribution in [3.8, 4) is 11.4 Å². The Morgan fingerprint density at radius 3 is 2.58 bits per heavy atom. The fourth-order valence-electron chi connectivity index (χ4n) is 4.59. The Labute approximate surface area is 219 Å². The molecule has 0 bridgehead atoms. The van der Waals surface area contributed by atoms with Crippen LogP contribution < -0.4 is 15.5 Å². The average Bonchev–Trinajstić information content (AvgIpc) is 3.36. The number of nitrogens with one attached hydrogen (secondary N) is 2. The molecule has 0 atom stereocenters. The van der Waals surface area contributed by atoms with Gasteiger partial charge in [0.1, 0.15) is 17.5 Å². The van der Waals surface area contributed by atoms with E-state index in [1.54, 1.807) is 38.5 Å². The van der Waals surface area contributed by atoms with E-state index in [1.165, 1.54) is 0 Å². The largest absolute Gasteiger partial charge is 0.386 e. The van der Waals surface area contributed by atoms with Crippen LogP contribution in [-0.2, 0) is 10.3 Å². The molecule has 0 amide bonds. The summed E-state index contributed by atoms with van der Waals surface area (Å²) < 4.78 is 7.29. The highest BCUT2D eigenvalue weighted by molar-refractivity contribution is 6.01. The second-order valence-corrected chi connectivity index (χ2v) is 9.72. The van der Waals surface area contributed by atoms with E-state index in [0.29, 0.717) is 23.3 Å². The monoisotopic (exact) mass is 511 g/mol. The third-order valence-electron chi connectivity index (χ3n) is 6.66. The molecule has 38 heavy (non-hydrogen) atoms. The first-order valence-electron chi connectivity index (χ1n) is 12.5. The molecule has 0 aromatic carbocycles. The molecule has 6 rings (SSSR count). The normalized spacial score (nSPS) is 14.3. The number of hydrogen-bond acceptors (Lipinski definition) is 10. The molecule has 11 nitrogen and oxygen atoms in total. The van der Waals surface area contributed by atoms with Gasteiger partial charge in [-0.3, -0.25) is 0 Å². The molecule has 194 valence electrons. The van der Waals surface area contributed by atoms with Gasteiger partial charge in [-0.15, -0.1) is 5.10 Å². The maximum absolute atomic E-state index is 10.4. The number of ether oxygens (including phenoxy) is 1. The van der Waals surface area contributed by atoms with Gasteiger partial charge in [0.2, 0.25) is 0 Å². The van der Waals surface area contributed by atoms with Crippen molar-refractivity contribution in [3.05, 3.63) is 60.7 Å². The molecule has 1 saturated heterocycles. The summed E-state index contributed by atoms with van der Waals surface area (Å²) in [5, 5.41) is 23.3. The molecule has 0 aliphatic carbocycles. The molecule has 0 saturated carbocycles. The van der Waals surface area contributed by atoms with Crippen LogP contribution in [0.5, 0.6) is 0 Å². The van der Waals surface area contributed by atoms with Crippen molar-refractivity contribution in [1.82, 2.24) is 29.5 Å². The van der Waals surface area contributed by atoms with E-state index in [2.05, 4.69) is 36.6 Å². The highest BCUT2D eigenvalue weighted by Gasteiger charge is 2.18. The van der Waals surface area contributed by atoms with Gasteiger partial charge in [0.25, 0.3) is 0 Å². The fraction of sp³-hybridized carbons (Fsp3) is 0.296.